The molecule has 0 bridgehead atoms. The number of anilines is 1. The minimum absolute atomic E-state index is 0.131. The van der Waals surface area contributed by atoms with E-state index in [1.807, 2.05) is 25.1 Å². The van der Waals surface area contributed by atoms with E-state index in [-0.39, 0.29) is 23.2 Å². The van der Waals surface area contributed by atoms with E-state index in [1.165, 1.54) is 21.7 Å². The van der Waals surface area contributed by atoms with E-state index in [0.29, 0.717) is 27.3 Å². The van der Waals surface area contributed by atoms with Crippen LogP contribution < -0.4 is 4.90 Å². The number of sulfonamides is 1. The van der Waals surface area contributed by atoms with Crippen LogP contribution >= 0.6 is 45.9 Å². The molecular weight excluding hydrogens is 547 g/mol. The number of fused-ring (bicyclic) bond motifs is 1. The molecule has 1 unspecified atom stereocenters. The van der Waals surface area contributed by atoms with E-state index >= 15 is 0 Å². The molecule has 12 heteroatoms. The third kappa shape index (κ3) is 4.83. The Morgan fingerprint density at radius 2 is 2.06 bits per heavy atom. The van der Waals surface area contributed by atoms with Crippen molar-refractivity contribution < 1.29 is 13.2 Å². The summed E-state index contributed by atoms with van der Waals surface area (Å²) in [6.07, 6.45) is 4.36. The molecule has 0 spiro atoms. The molecule has 1 saturated heterocycles. The predicted molar refractivity (Wildman–Crippen MR) is 141 cm³/mol. The number of carbonyl (C=O) groups excluding carboxylic acids is 1. The number of pyridine rings is 1. The monoisotopic (exact) mass is 566 g/mol. The van der Waals surface area contributed by atoms with Crippen LogP contribution in [0.25, 0.3) is 10.2 Å². The molecule has 0 saturated carbocycles. The van der Waals surface area contributed by atoms with Gasteiger partial charge in [0.15, 0.2) is 5.13 Å². The summed E-state index contributed by atoms with van der Waals surface area (Å²) in [5.74, 6) is -0.319. The minimum atomic E-state index is -3.86. The van der Waals surface area contributed by atoms with Gasteiger partial charge in [0.25, 0.3) is 10.0 Å². The molecule has 1 aliphatic heterocycles. The number of hydrogen-bond donors (Lipinski definition) is 0. The first-order valence-electron chi connectivity index (χ1n) is 10.8. The van der Waals surface area contributed by atoms with Crippen molar-refractivity contribution in [3.05, 3.63) is 69.3 Å². The van der Waals surface area contributed by atoms with Crippen molar-refractivity contribution >= 4 is 77.2 Å². The molecule has 182 valence electrons. The summed E-state index contributed by atoms with van der Waals surface area (Å²) in [6, 6.07) is 9.52. The summed E-state index contributed by atoms with van der Waals surface area (Å²) in [4.78, 5) is 24.5. The van der Waals surface area contributed by atoms with Gasteiger partial charge in [0.05, 0.1) is 21.1 Å². The lowest BCUT2D eigenvalue weighted by atomic mass is 10.2. The van der Waals surface area contributed by atoms with E-state index in [9.17, 15) is 13.2 Å². The van der Waals surface area contributed by atoms with Crippen LogP contribution in [-0.2, 0) is 21.4 Å². The van der Waals surface area contributed by atoms with Gasteiger partial charge >= 0.3 is 0 Å². The lowest BCUT2D eigenvalue weighted by Gasteiger charge is -2.28. The molecule has 1 aliphatic rings. The Morgan fingerprint density at radius 3 is 2.77 bits per heavy atom. The van der Waals surface area contributed by atoms with Gasteiger partial charge in [0, 0.05) is 24.0 Å². The molecule has 7 nitrogen and oxygen atoms in total. The number of carbonyl (C=O) groups is 1. The maximum absolute atomic E-state index is 14.0. The maximum Gasteiger partial charge on any atom is 0.253 e. The third-order valence-electron chi connectivity index (χ3n) is 5.80. The van der Waals surface area contributed by atoms with Crippen molar-refractivity contribution in [1.29, 1.82) is 0 Å². The van der Waals surface area contributed by atoms with E-state index < -0.39 is 16.1 Å². The van der Waals surface area contributed by atoms with Gasteiger partial charge in [-0.1, -0.05) is 40.6 Å². The second-order valence-electron chi connectivity index (χ2n) is 8.18. The second-order valence-corrected chi connectivity index (χ2v) is 13.5. The summed E-state index contributed by atoms with van der Waals surface area (Å²) in [7, 11) is -3.86. The molecule has 35 heavy (non-hydrogen) atoms. The van der Waals surface area contributed by atoms with Crippen molar-refractivity contribution in [2.45, 2.75) is 36.6 Å². The van der Waals surface area contributed by atoms with Gasteiger partial charge in [-0.15, -0.1) is 11.3 Å². The minimum Gasteiger partial charge on any atom is -0.282 e. The second kappa shape index (κ2) is 9.76. The molecule has 1 atom stereocenters. The van der Waals surface area contributed by atoms with Crippen molar-refractivity contribution in [2.24, 2.45) is 0 Å². The molecule has 1 fully saturated rings. The molecule has 0 N–H and O–H groups in total. The average Bonchev–Trinajstić information content (AvgIpc) is 3.57. The van der Waals surface area contributed by atoms with Gasteiger partial charge in [-0.3, -0.25) is 14.7 Å². The number of aryl methyl sites for hydroxylation is 1. The number of hydrogen-bond acceptors (Lipinski definition) is 7. The van der Waals surface area contributed by atoms with Crippen LogP contribution in [0.15, 0.2) is 53.0 Å². The topological polar surface area (TPSA) is 83.5 Å². The number of benzene rings is 1. The zero-order chi connectivity index (χ0) is 24.7. The standard InChI is InChI=1S/C23H20Cl2N4O3S3/c1-14-10-16(24)11-18-21(14)27-23(33-18)28(13-15-4-2-8-26-12-15)22(30)17-5-3-9-29(17)35(31,32)20-7-6-19(25)34-20/h2,4,6-8,10-12,17H,3,5,9,13H2,1H3. The van der Waals surface area contributed by atoms with Crippen molar-refractivity contribution in [1.82, 2.24) is 14.3 Å². The maximum atomic E-state index is 14.0. The van der Waals surface area contributed by atoms with Crippen molar-refractivity contribution in [2.75, 3.05) is 11.4 Å². The molecular formula is C23H20Cl2N4O3S3. The number of nitrogens with zero attached hydrogens (tertiary/aromatic N) is 4. The van der Waals surface area contributed by atoms with Gasteiger partial charge in [0.2, 0.25) is 5.91 Å². The fourth-order valence-electron chi connectivity index (χ4n) is 4.18. The predicted octanol–water partition coefficient (Wildman–Crippen LogP) is 5.75. The van der Waals surface area contributed by atoms with Gasteiger partial charge in [-0.25, -0.2) is 13.4 Å². The molecule has 0 aliphatic carbocycles. The van der Waals surface area contributed by atoms with Crippen LogP contribution in [0.4, 0.5) is 5.13 Å². The van der Waals surface area contributed by atoms with E-state index in [4.69, 9.17) is 28.2 Å². The molecule has 5 rings (SSSR count). The lowest BCUT2D eigenvalue weighted by Crippen LogP contribution is -2.47. The van der Waals surface area contributed by atoms with Gasteiger partial charge in [-0.05, 0) is 61.2 Å². The van der Waals surface area contributed by atoms with Gasteiger partial charge < -0.3 is 0 Å². The molecule has 0 radical (unpaired) electrons. The smallest absolute Gasteiger partial charge is 0.253 e. The average molecular weight is 568 g/mol. The fraction of sp³-hybridized carbons (Fsp3) is 0.261. The van der Waals surface area contributed by atoms with Gasteiger partial charge in [-0.2, -0.15) is 4.31 Å². The highest BCUT2D eigenvalue weighted by molar-refractivity contribution is 7.91. The summed E-state index contributed by atoms with van der Waals surface area (Å²) in [6.45, 7) is 2.40. The van der Waals surface area contributed by atoms with Gasteiger partial charge in [0.1, 0.15) is 10.3 Å². The number of thiazole rings is 1. The number of rotatable bonds is 6. The number of aromatic nitrogens is 2. The van der Waals surface area contributed by atoms with Crippen LogP contribution in [0.2, 0.25) is 9.36 Å². The first-order valence-corrected chi connectivity index (χ1v) is 14.6. The van der Waals surface area contributed by atoms with Crippen molar-refractivity contribution in [3.63, 3.8) is 0 Å². The quantitative estimate of drug-likeness (QED) is 0.296. The first kappa shape index (κ1) is 24.6. The molecule has 1 aromatic carbocycles. The van der Waals surface area contributed by atoms with Crippen LogP contribution in [-0.4, -0.2) is 41.2 Å². The molecule has 1 amide bonds. The SMILES string of the molecule is Cc1cc(Cl)cc2sc(N(Cc3cccnc3)C(=O)C3CCCN3S(=O)(=O)c3ccc(Cl)s3)nc12. The van der Waals surface area contributed by atoms with Crippen LogP contribution in [0.3, 0.4) is 0 Å². The zero-order valence-electron chi connectivity index (χ0n) is 18.5. The van der Waals surface area contributed by atoms with Crippen LogP contribution in [0.5, 0.6) is 0 Å². The Kier molecular flexibility index (Phi) is 6.86. The molecule has 4 aromatic rings. The molecule has 3 aromatic heterocycles. The lowest BCUT2D eigenvalue weighted by molar-refractivity contribution is -0.121. The number of halogens is 2. The Hall–Kier alpha value is -2.08. The Morgan fingerprint density at radius 1 is 1.23 bits per heavy atom. The third-order valence-corrected chi connectivity index (χ3v) is 10.6. The first-order chi connectivity index (χ1) is 16.7. The highest BCUT2D eigenvalue weighted by Crippen LogP contribution is 2.37. The Balaban J connectivity index is 1.54. The van der Waals surface area contributed by atoms with Crippen LogP contribution in [0, 0.1) is 6.92 Å². The van der Waals surface area contributed by atoms with E-state index in [1.54, 1.807) is 29.4 Å². The summed E-state index contributed by atoms with van der Waals surface area (Å²) < 4.78 is 29.4. The number of thiophene rings is 1. The summed E-state index contributed by atoms with van der Waals surface area (Å²) >= 11 is 14.6. The van der Waals surface area contributed by atoms with E-state index in [0.717, 1.165) is 32.7 Å². The summed E-state index contributed by atoms with van der Waals surface area (Å²) in [5.41, 5.74) is 2.48. The van der Waals surface area contributed by atoms with Crippen molar-refractivity contribution in [3.8, 4) is 0 Å². The normalized spacial score (nSPS) is 16.7. The van der Waals surface area contributed by atoms with E-state index in [2.05, 4.69) is 4.98 Å². The Labute approximate surface area is 221 Å². The highest BCUT2D eigenvalue weighted by atomic mass is 35.5. The fourth-order valence-corrected chi connectivity index (χ4v) is 8.87. The highest BCUT2D eigenvalue weighted by Gasteiger charge is 2.42. The molecule has 4 heterocycles. The summed E-state index contributed by atoms with van der Waals surface area (Å²) in [5, 5.41) is 1.08. The van der Waals surface area contributed by atoms with Crippen LogP contribution in [0.1, 0.15) is 24.0 Å². The number of amides is 1. The Bertz CT molecular complexity index is 1500. The largest absolute Gasteiger partial charge is 0.282 e. The zero-order valence-corrected chi connectivity index (χ0v) is 22.5.